The maximum atomic E-state index is 11.6. The number of nitrogens with one attached hydrogen (secondary N) is 2. The van der Waals surface area contributed by atoms with Crippen LogP contribution in [0.15, 0.2) is 23.8 Å². The predicted molar refractivity (Wildman–Crippen MR) is 56.0 cm³/mol. The molecule has 0 aromatic carbocycles. The van der Waals surface area contributed by atoms with E-state index in [2.05, 4.69) is 24.5 Å². The van der Waals surface area contributed by atoms with Crippen molar-refractivity contribution in [1.29, 1.82) is 0 Å². The van der Waals surface area contributed by atoms with Crippen molar-refractivity contribution in [1.82, 2.24) is 10.6 Å². The van der Waals surface area contributed by atoms with Crippen LogP contribution >= 0.6 is 0 Å². The zero-order valence-corrected chi connectivity index (χ0v) is 8.78. The highest BCUT2D eigenvalue weighted by Gasteiger charge is 2.34. The van der Waals surface area contributed by atoms with E-state index in [4.69, 9.17) is 0 Å². The van der Waals surface area contributed by atoms with Gasteiger partial charge in [0.25, 0.3) is 0 Å². The Morgan fingerprint density at radius 3 is 2.73 bits per heavy atom. The summed E-state index contributed by atoms with van der Waals surface area (Å²) < 4.78 is 0. The normalized spacial score (nSPS) is 29.4. The van der Waals surface area contributed by atoms with Gasteiger partial charge in [-0.2, -0.15) is 0 Å². The summed E-state index contributed by atoms with van der Waals surface area (Å²) in [6.45, 7) is 4.16. The Bertz CT molecular complexity index is 369. The van der Waals surface area contributed by atoms with Gasteiger partial charge >= 0.3 is 6.03 Å². The van der Waals surface area contributed by atoms with Gasteiger partial charge in [-0.15, -0.1) is 0 Å². The minimum atomic E-state index is -0.410. The van der Waals surface area contributed by atoms with Crippen LogP contribution in [0, 0.1) is 11.8 Å². The molecule has 0 saturated carbocycles. The highest BCUT2D eigenvalue weighted by atomic mass is 16.2. The average molecular weight is 206 g/mol. The first kappa shape index (κ1) is 9.96. The summed E-state index contributed by atoms with van der Waals surface area (Å²) in [6, 6.07) is -0.596. The lowest BCUT2D eigenvalue weighted by Crippen LogP contribution is -2.57. The largest absolute Gasteiger partial charge is 0.330 e. The molecular formula is C11H14N2O2. The number of rotatable bonds is 1. The Morgan fingerprint density at radius 1 is 1.33 bits per heavy atom. The number of amides is 3. The number of hydrogen-bond donors (Lipinski definition) is 2. The second-order valence-electron chi connectivity index (χ2n) is 4.19. The van der Waals surface area contributed by atoms with Gasteiger partial charge in [-0.25, -0.2) is 4.79 Å². The Morgan fingerprint density at radius 2 is 2.07 bits per heavy atom. The zero-order valence-electron chi connectivity index (χ0n) is 8.78. The molecule has 0 radical (unpaired) electrons. The van der Waals surface area contributed by atoms with E-state index in [0.29, 0.717) is 5.92 Å². The summed E-state index contributed by atoms with van der Waals surface area (Å²) in [5, 5.41) is 4.98. The molecule has 1 heterocycles. The van der Waals surface area contributed by atoms with Crippen molar-refractivity contribution >= 4 is 11.9 Å². The molecule has 0 aromatic heterocycles. The fourth-order valence-electron chi connectivity index (χ4n) is 1.85. The molecule has 2 atom stereocenters. The first-order valence-corrected chi connectivity index (χ1v) is 5.09. The molecule has 0 aromatic rings. The van der Waals surface area contributed by atoms with Gasteiger partial charge in [0, 0.05) is 0 Å². The summed E-state index contributed by atoms with van der Waals surface area (Å²) >= 11 is 0. The van der Waals surface area contributed by atoms with Gasteiger partial charge in [0.15, 0.2) is 0 Å². The van der Waals surface area contributed by atoms with Gasteiger partial charge in [0.2, 0.25) is 5.91 Å². The number of fused-ring (bicyclic) bond motifs is 1. The van der Waals surface area contributed by atoms with Crippen LogP contribution in [0.3, 0.4) is 0 Å². The van der Waals surface area contributed by atoms with E-state index in [-0.39, 0.29) is 17.9 Å². The van der Waals surface area contributed by atoms with E-state index in [0.717, 1.165) is 5.57 Å². The standard InChI is InChI=1S/C11H14N2O2/c1-6(2)7-3-4-9-8(5-7)10(14)13-11(15)12-9/h3-6,8-9H,1-2H3,(H2,12,13,14,15). The molecular weight excluding hydrogens is 192 g/mol. The summed E-state index contributed by atoms with van der Waals surface area (Å²) in [7, 11) is 0. The number of hydrogen-bond acceptors (Lipinski definition) is 2. The third-order valence-electron chi connectivity index (χ3n) is 2.76. The van der Waals surface area contributed by atoms with Crippen LogP contribution in [0.4, 0.5) is 4.79 Å². The SMILES string of the molecule is CC(C)C1=CC2C(=O)NC(=O)NC2C=C1. The van der Waals surface area contributed by atoms with Crippen molar-refractivity contribution in [3.05, 3.63) is 23.8 Å². The molecule has 80 valence electrons. The molecule has 1 saturated heterocycles. The molecule has 15 heavy (non-hydrogen) atoms. The third kappa shape index (κ3) is 1.79. The number of allylic oxidation sites excluding steroid dienone is 2. The van der Waals surface area contributed by atoms with Gasteiger partial charge in [-0.05, 0) is 11.5 Å². The van der Waals surface area contributed by atoms with Gasteiger partial charge < -0.3 is 5.32 Å². The summed E-state index contributed by atoms with van der Waals surface area (Å²) in [6.07, 6.45) is 5.80. The highest BCUT2D eigenvalue weighted by Crippen LogP contribution is 2.24. The van der Waals surface area contributed by atoms with E-state index in [1.165, 1.54) is 0 Å². The quantitative estimate of drug-likeness (QED) is 0.671. The molecule has 3 amide bonds. The molecule has 1 aliphatic carbocycles. The van der Waals surface area contributed by atoms with Crippen molar-refractivity contribution < 1.29 is 9.59 Å². The fraction of sp³-hybridized carbons (Fsp3) is 0.455. The number of urea groups is 1. The van der Waals surface area contributed by atoms with Crippen molar-refractivity contribution in [3.63, 3.8) is 0 Å². The molecule has 4 heteroatoms. The van der Waals surface area contributed by atoms with E-state index in [1.54, 1.807) is 0 Å². The lowest BCUT2D eigenvalue weighted by atomic mass is 9.86. The zero-order chi connectivity index (χ0) is 11.0. The molecule has 2 aliphatic rings. The second kappa shape index (κ2) is 3.53. The average Bonchev–Trinajstić information content (AvgIpc) is 2.16. The van der Waals surface area contributed by atoms with Crippen molar-refractivity contribution in [3.8, 4) is 0 Å². The van der Waals surface area contributed by atoms with Crippen LogP contribution in [0.1, 0.15) is 13.8 Å². The third-order valence-corrected chi connectivity index (χ3v) is 2.76. The predicted octanol–water partition coefficient (Wildman–Crippen LogP) is 0.963. The Balaban J connectivity index is 2.24. The minimum absolute atomic E-state index is 0.186. The monoisotopic (exact) mass is 206 g/mol. The lowest BCUT2D eigenvalue weighted by molar-refractivity contribution is -0.123. The van der Waals surface area contributed by atoms with E-state index >= 15 is 0 Å². The van der Waals surface area contributed by atoms with Gasteiger partial charge in [-0.3, -0.25) is 10.1 Å². The second-order valence-corrected chi connectivity index (χ2v) is 4.19. The molecule has 0 spiro atoms. The molecule has 1 fully saturated rings. The summed E-state index contributed by atoms with van der Waals surface area (Å²) in [5.41, 5.74) is 1.14. The van der Waals surface area contributed by atoms with Gasteiger partial charge in [-0.1, -0.05) is 32.1 Å². The molecule has 4 nitrogen and oxygen atoms in total. The fourth-order valence-corrected chi connectivity index (χ4v) is 1.85. The Kier molecular flexibility index (Phi) is 2.34. The topological polar surface area (TPSA) is 58.2 Å². The Hall–Kier alpha value is -1.58. The minimum Gasteiger partial charge on any atom is -0.330 e. The molecule has 2 rings (SSSR count). The van der Waals surface area contributed by atoms with E-state index in [1.807, 2.05) is 18.2 Å². The van der Waals surface area contributed by atoms with Crippen molar-refractivity contribution in [2.45, 2.75) is 19.9 Å². The van der Waals surface area contributed by atoms with E-state index in [9.17, 15) is 9.59 Å². The maximum absolute atomic E-state index is 11.6. The molecule has 1 aliphatic heterocycles. The van der Waals surface area contributed by atoms with Crippen LogP contribution in [0.5, 0.6) is 0 Å². The number of carbonyl (C=O) groups excluding carboxylic acids is 2. The lowest BCUT2D eigenvalue weighted by Gasteiger charge is -2.30. The summed E-state index contributed by atoms with van der Waals surface area (Å²) in [5.74, 6) is -0.0796. The van der Waals surface area contributed by atoms with Gasteiger partial charge in [0.1, 0.15) is 0 Å². The molecule has 0 bridgehead atoms. The van der Waals surface area contributed by atoms with Crippen LogP contribution in [-0.2, 0) is 4.79 Å². The first-order valence-electron chi connectivity index (χ1n) is 5.09. The molecule has 2 N–H and O–H groups in total. The van der Waals surface area contributed by atoms with Crippen molar-refractivity contribution in [2.24, 2.45) is 11.8 Å². The van der Waals surface area contributed by atoms with E-state index < -0.39 is 6.03 Å². The maximum Gasteiger partial charge on any atom is 0.321 e. The van der Waals surface area contributed by atoms with Crippen LogP contribution in [-0.4, -0.2) is 18.0 Å². The number of carbonyl (C=O) groups is 2. The highest BCUT2D eigenvalue weighted by molar-refractivity contribution is 6.00. The van der Waals surface area contributed by atoms with Crippen LogP contribution < -0.4 is 10.6 Å². The summed E-state index contributed by atoms with van der Waals surface area (Å²) in [4.78, 5) is 22.6. The van der Waals surface area contributed by atoms with Gasteiger partial charge in [0.05, 0.1) is 12.0 Å². The number of imide groups is 1. The Labute approximate surface area is 88.4 Å². The van der Waals surface area contributed by atoms with Crippen LogP contribution in [0.2, 0.25) is 0 Å². The smallest absolute Gasteiger partial charge is 0.321 e. The first-order chi connectivity index (χ1) is 7.08. The van der Waals surface area contributed by atoms with Crippen LogP contribution in [0.25, 0.3) is 0 Å². The van der Waals surface area contributed by atoms with Crippen molar-refractivity contribution in [2.75, 3.05) is 0 Å². The molecule has 2 unspecified atom stereocenters.